The first-order valence-electron chi connectivity index (χ1n) is 11.0. The summed E-state index contributed by atoms with van der Waals surface area (Å²) in [6.07, 6.45) is 5.52. The molecule has 2 aromatic rings. The standard InChI is InChI=1S/C23H28F2N4O3/c1-28(2)23(31)17-8-5-11-29(15-6-3-4-7-15)21(17)26-22(30)19-13-20(32-27-19)16-10-9-14(24)12-18(16)25/h9-10,12-13,15,17,21H,3-8,11H2,1-2H3,(H,26,30)/t17-,21?/m1/s1. The third kappa shape index (κ3) is 4.53. The lowest BCUT2D eigenvalue weighted by atomic mass is 9.91. The summed E-state index contributed by atoms with van der Waals surface area (Å²) in [5.74, 6) is -2.34. The summed E-state index contributed by atoms with van der Waals surface area (Å²) in [5.41, 5.74) is 0.000540. The van der Waals surface area contributed by atoms with Gasteiger partial charge in [-0.3, -0.25) is 14.5 Å². The average molecular weight is 446 g/mol. The Morgan fingerprint density at radius 1 is 1.12 bits per heavy atom. The highest BCUT2D eigenvalue weighted by molar-refractivity contribution is 5.93. The summed E-state index contributed by atoms with van der Waals surface area (Å²) in [7, 11) is 3.44. The fraction of sp³-hybridized carbons (Fsp3) is 0.522. The van der Waals surface area contributed by atoms with Gasteiger partial charge in [0, 0.05) is 38.8 Å². The van der Waals surface area contributed by atoms with Crippen LogP contribution in [0.15, 0.2) is 28.8 Å². The summed E-state index contributed by atoms with van der Waals surface area (Å²) in [4.78, 5) is 29.8. The molecule has 2 atom stereocenters. The van der Waals surface area contributed by atoms with Crippen molar-refractivity contribution in [3.63, 3.8) is 0 Å². The van der Waals surface area contributed by atoms with Crippen molar-refractivity contribution in [3.05, 3.63) is 41.6 Å². The SMILES string of the molecule is CN(C)C(=O)[C@@H]1CCCN(C2CCCC2)C1NC(=O)c1cc(-c2ccc(F)cc2F)on1. The molecule has 2 fully saturated rings. The van der Waals surface area contributed by atoms with E-state index in [0.29, 0.717) is 12.5 Å². The molecule has 32 heavy (non-hydrogen) atoms. The number of rotatable bonds is 5. The van der Waals surface area contributed by atoms with E-state index in [4.69, 9.17) is 4.52 Å². The maximum absolute atomic E-state index is 14.1. The quantitative estimate of drug-likeness (QED) is 0.762. The smallest absolute Gasteiger partial charge is 0.274 e. The third-order valence-electron chi connectivity index (χ3n) is 6.44. The molecule has 4 rings (SSSR count). The average Bonchev–Trinajstić information content (AvgIpc) is 3.46. The van der Waals surface area contributed by atoms with Crippen LogP contribution in [-0.2, 0) is 4.79 Å². The molecule has 2 aliphatic rings. The van der Waals surface area contributed by atoms with Crippen LogP contribution in [-0.4, -0.2) is 59.6 Å². The number of carbonyl (C=O) groups excluding carboxylic acids is 2. The number of nitrogens with one attached hydrogen (secondary N) is 1. The van der Waals surface area contributed by atoms with E-state index in [9.17, 15) is 18.4 Å². The van der Waals surface area contributed by atoms with Gasteiger partial charge in [-0.05, 0) is 37.8 Å². The Hall–Kier alpha value is -2.81. The van der Waals surface area contributed by atoms with Crippen molar-refractivity contribution >= 4 is 11.8 Å². The van der Waals surface area contributed by atoms with Crippen LogP contribution < -0.4 is 5.32 Å². The molecule has 172 valence electrons. The Morgan fingerprint density at radius 3 is 2.56 bits per heavy atom. The van der Waals surface area contributed by atoms with Crippen LogP contribution in [0.5, 0.6) is 0 Å². The predicted molar refractivity (Wildman–Crippen MR) is 113 cm³/mol. The summed E-state index contributed by atoms with van der Waals surface area (Å²) >= 11 is 0. The number of hydrogen-bond acceptors (Lipinski definition) is 5. The third-order valence-corrected chi connectivity index (χ3v) is 6.44. The van der Waals surface area contributed by atoms with Gasteiger partial charge in [0.15, 0.2) is 11.5 Å². The van der Waals surface area contributed by atoms with Crippen molar-refractivity contribution in [2.24, 2.45) is 5.92 Å². The van der Waals surface area contributed by atoms with Gasteiger partial charge in [-0.1, -0.05) is 18.0 Å². The molecule has 2 heterocycles. The van der Waals surface area contributed by atoms with Crippen LogP contribution in [0.3, 0.4) is 0 Å². The molecule has 7 nitrogen and oxygen atoms in total. The van der Waals surface area contributed by atoms with E-state index in [2.05, 4.69) is 15.4 Å². The van der Waals surface area contributed by atoms with Crippen LogP contribution in [0.25, 0.3) is 11.3 Å². The molecule has 1 aromatic heterocycles. The Kier molecular flexibility index (Phi) is 6.55. The van der Waals surface area contributed by atoms with Crippen LogP contribution in [0.4, 0.5) is 8.78 Å². The van der Waals surface area contributed by atoms with E-state index in [1.807, 2.05) is 0 Å². The first-order chi connectivity index (χ1) is 15.3. The number of aromatic nitrogens is 1. The maximum Gasteiger partial charge on any atom is 0.274 e. The molecule has 0 spiro atoms. The minimum atomic E-state index is -0.801. The Balaban J connectivity index is 1.56. The number of likely N-dealkylation sites (tertiary alicyclic amines) is 1. The van der Waals surface area contributed by atoms with E-state index in [1.165, 1.54) is 12.1 Å². The largest absolute Gasteiger partial charge is 0.355 e. The van der Waals surface area contributed by atoms with Crippen molar-refractivity contribution in [2.45, 2.75) is 50.7 Å². The molecule has 1 N–H and O–H groups in total. The number of amides is 2. The summed E-state index contributed by atoms with van der Waals surface area (Å²) in [5, 5.41) is 6.79. The van der Waals surface area contributed by atoms with Gasteiger partial charge in [-0.25, -0.2) is 8.78 Å². The zero-order chi connectivity index (χ0) is 22.8. The number of halogens is 2. The second-order valence-corrected chi connectivity index (χ2v) is 8.78. The van der Waals surface area contributed by atoms with E-state index in [0.717, 1.165) is 50.8 Å². The zero-order valence-electron chi connectivity index (χ0n) is 18.3. The fourth-order valence-electron chi connectivity index (χ4n) is 4.85. The maximum atomic E-state index is 14.1. The summed E-state index contributed by atoms with van der Waals surface area (Å²) in [6.45, 7) is 0.817. The molecule has 0 radical (unpaired) electrons. The van der Waals surface area contributed by atoms with Crippen LogP contribution >= 0.6 is 0 Å². The topological polar surface area (TPSA) is 78.7 Å². The van der Waals surface area contributed by atoms with Crippen molar-refractivity contribution in [1.82, 2.24) is 20.3 Å². The van der Waals surface area contributed by atoms with E-state index in [1.54, 1.807) is 19.0 Å². The number of piperidine rings is 1. The van der Waals surface area contributed by atoms with Gasteiger partial charge in [-0.2, -0.15) is 0 Å². The minimum absolute atomic E-state index is 0.0169. The molecule has 1 unspecified atom stereocenters. The van der Waals surface area contributed by atoms with Crippen molar-refractivity contribution in [1.29, 1.82) is 0 Å². The van der Waals surface area contributed by atoms with Crippen LogP contribution in [0.2, 0.25) is 0 Å². The zero-order valence-corrected chi connectivity index (χ0v) is 18.3. The second kappa shape index (κ2) is 9.36. The Bertz CT molecular complexity index is 987. The molecular weight excluding hydrogens is 418 g/mol. The molecule has 1 aromatic carbocycles. The van der Waals surface area contributed by atoms with Gasteiger partial charge >= 0.3 is 0 Å². The van der Waals surface area contributed by atoms with Crippen molar-refractivity contribution < 1.29 is 22.9 Å². The highest BCUT2D eigenvalue weighted by atomic mass is 19.1. The van der Waals surface area contributed by atoms with Crippen LogP contribution in [0.1, 0.15) is 49.0 Å². The molecule has 1 aliphatic heterocycles. The highest BCUT2D eigenvalue weighted by Crippen LogP contribution is 2.32. The molecule has 1 saturated heterocycles. The van der Waals surface area contributed by atoms with Crippen molar-refractivity contribution in [3.8, 4) is 11.3 Å². The number of nitrogens with zero attached hydrogens (tertiary/aromatic N) is 3. The van der Waals surface area contributed by atoms with Gasteiger partial charge < -0.3 is 14.7 Å². The summed E-state index contributed by atoms with van der Waals surface area (Å²) < 4.78 is 32.4. The number of benzene rings is 1. The lowest BCUT2D eigenvalue weighted by molar-refractivity contribution is -0.138. The molecule has 9 heteroatoms. The van der Waals surface area contributed by atoms with Gasteiger partial charge in [0.2, 0.25) is 5.91 Å². The number of hydrogen-bond donors (Lipinski definition) is 1. The molecule has 1 saturated carbocycles. The van der Waals surface area contributed by atoms with Gasteiger partial charge in [0.1, 0.15) is 11.6 Å². The first-order valence-corrected chi connectivity index (χ1v) is 11.0. The van der Waals surface area contributed by atoms with Crippen LogP contribution in [0, 0.1) is 17.6 Å². The van der Waals surface area contributed by atoms with Gasteiger partial charge in [-0.15, -0.1) is 0 Å². The lowest BCUT2D eigenvalue weighted by Crippen LogP contribution is -2.61. The second-order valence-electron chi connectivity index (χ2n) is 8.78. The normalized spacial score (nSPS) is 22.1. The Labute approximate surface area is 185 Å². The van der Waals surface area contributed by atoms with E-state index < -0.39 is 23.7 Å². The highest BCUT2D eigenvalue weighted by Gasteiger charge is 2.41. The Morgan fingerprint density at radius 2 is 1.88 bits per heavy atom. The number of carbonyl (C=O) groups is 2. The molecule has 1 aliphatic carbocycles. The fourth-order valence-corrected chi connectivity index (χ4v) is 4.85. The monoisotopic (exact) mass is 446 g/mol. The van der Waals surface area contributed by atoms with E-state index in [-0.39, 0.29) is 28.8 Å². The molecule has 0 bridgehead atoms. The minimum Gasteiger partial charge on any atom is -0.355 e. The molecule has 2 amide bonds. The summed E-state index contributed by atoms with van der Waals surface area (Å²) in [6, 6.07) is 4.76. The van der Waals surface area contributed by atoms with Gasteiger partial charge in [0.25, 0.3) is 5.91 Å². The van der Waals surface area contributed by atoms with Gasteiger partial charge in [0.05, 0.1) is 17.6 Å². The lowest BCUT2D eigenvalue weighted by Gasteiger charge is -2.44. The predicted octanol–water partition coefficient (Wildman–Crippen LogP) is 3.42. The van der Waals surface area contributed by atoms with E-state index >= 15 is 0 Å². The molecular formula is C23H28F2N4O3. The van der Waals surface area contributed by atoms with Crippen molar-refractivity contribution in [2.75, 3.05) is 20.6 Å². The first kappa shape index (κ1) is 22.4.